The molecule has 0 bridgehead atoms. The van der Waals surface area contributed by atoms with Gasteiger partial charge in [-0.05, 0) is 5.56 Å². The first-order chi connectivity index (χ1) is 11.0. The normalized spacial score (nSPS) is 11.6. The second-order valence-electron chi connectivity index (χ2n) is 4.69. The summed E-state index contributed by atoms with van der Waals surface area (Å²) >= 11 is 0. The number of fused-ring (bicyclic) bond motifs is 1. The van der Waals surface area contributed by atoms with E-state index in [0.29, 0.717) is 5.56 Å². The molecule has 1 aromatic carbocycles. The highest BCUT2D eigenvalue weighted by molar-refractivity contribution is 7.90. The molecule has 0 unspecified atom stereocenters. The van der Waals surface area contributed by atoms with Crippen molar-refractivity contribution in [3.05, 3.63) is 42.0 Å². The number of ether oxygens (including phenoxy) is 2. The van der Waals surface area contributed by atoms with Crippen molar-refractivity contribution in [2.24, 2.45) is 0 Å². The van der Waals surface area contributed by atoms with Crippen LogP contribution < -0.4 is 9.47 Å². The lowest BCUT2D eigenvalue weighted by Gasteiger charge is -2.03. The fourth-order valence-electron chi connectivity index (χ4n) is 2.04. The van der Waals surface area contributed by atoms with Gasteiger partial charge in [-0.3, -0.25) is 0 Å². The number of aromatic nitrogens is 4. The van der Waals surface area contributed by atoms with Gasteiger partial charge in [-0.15, -0.1) is 5.10 Å². The molecule has 0 saturated heterocycles. The zero-order valence-electron chi connectivity index (χ0n) is 12.5. The first-order valence-corrected chi connectivity index (χ1v) is 8.31. The van der Waals surface area contributed by atoms with Crippen molar-refractivity contribution in [2.75, 3.05) is 14.2 Å². The van der Waals surface area contributed by atoms with E-state index in [-0.39, 0.29) is 28.4 Å². The number of hydrogen-bond donors (Lipinski definition) is 0. The standard InChI is InChI=1S/C14H14N4O4S/c1-21-11-8-12(22-2)18-13(15-11)16-14(17-18)23(19,20)9-10-6-4-3-5-7-10/h3-8H,9H2,1-2H3. The predicted molar refractivity (Wildman–Crippen MR) is 81.2 cm³/mol. The maximum Gasteiger partial charge on any atom is 0.269 e. The van der Waals surface area contributed by atoms with Crippen LogP contribution in [0.4, 0.5) is 0 Å². The Kier molecular flexibility index (Phi) is 3.87. The molecule has 2 heterocycles. The van der Waals surface area contributed by atoms with E-state index in [1.54, 1.807) is 24.3 Å². The Morgan fingerprint density at radius 2 is 1.83 bits per heavy atom. The minimum Gasteiger partial charge on any atom is -0.481 e. The van der Waals surface area contributed by atoms with Gasteiger partial charge in [0.05, 0.1) is 26.0 Å². The largest absolute Gasteiger partial charge is 0.481 e. The minimum absolute atomic E-state index is 0.0906. The van der Waals surface area contributed by atoms with Gasteiger partial charge in [0, 0.05) is 0 Å². The first-order valence-electron chi connectivity index (χ1n) is 6.66. The summed E-state index contributed by atoms with van der Waals surface area (Å²) in [5, 5.41) is 3.70. The Balaban J connectivity index is 2.06. The van der Waals surface area contributed by atoms with E-state index in [1.165, 1.54) is 24.8 Å². The van der Waals surface area contributed by atoms with Crippen LogP contribution in [0.2, 0.25) is 0 Å². The van der Waals surface area contributed by atoms with Crippen LogP contribution in [0.1, 0.15) is 5.56 Å². The average molecular weight is 334 g/mol. The van der Waals surface area contributed by atoms with Gasteiger partial charge in [0.1, 0.15) is 0 Å². The lowest BCUT2D eigenvalue weighted by atomic mass is 10.2. The molecule has 9 heteroatoms. The Morgan fingerprint density at radius 3 is 2.48 bits per heavy atom. The second kappa shape index (κ2) is 5.84. The van der Waals surface area contributed by atoms with Crippen LogP contribution in [0.25, 0.3) is 5.78 Å². The monoisotopic (exact) mass is 334 g/mol. The highest BCUT2D eigenvalue weighted by Gasteiger charge is 2.23. The summed E-state index contributed by atoms with van der Waals surface area (Å²) in [4.78, 5) is 8.06. The molecule has 3 aromatic rings. The summed E-state index contributed by atoms with van der Waals surface area (Å²) in [6.07, 6.45) is 0. The fourth-order valence-corrected chi connectivity index (χ4v) is 3.23. The van der Waals surface area contributed by atoms with E-state index >= 15 is 0 Å². The van der Waals surface area contributed by atoms with Gasteiger partial charge < -0.3 is 9.47 Å². The molecule has 0 aliphatic heterocycles. The fraction of sp³-hybridized carbons (Fsp3) is 0.214. The third-order valence-electron chi connectivity index (χ3n) is 3.13. The molecule has 0 saturated carbocycles. The molecular formula is C14H14N4O4S. The van der Waals surface area contributed by atoms with Crippen LogP contribution in [0, 0.1) is 0 Å². The molecule has 0 aliphatic rings. The van der Waals surface area contributed by atoms with Crippen molar-refractivity contribution >= 4 is 15.6 Å². The molecule has 120 valence electrons. The molecular weight excluding hydrogens is 320 g/mol. The smallest absolute Gasteiger partial charge is 0.269 e. The quantitative estimate of drug-likeness (QED) is 0.689. The Labute approximate surface area is 132 Å². The predicted octanol–water partition coefficient (Wildman–Crippen LogP) is 1.12. The molecule has 0 fully saturated rings. The maximum absolute atomic E-state index is 12.5. The van der Waals surface area contributed by atoms with Gasteiger partial charge in [0.25, 0.3) is 10.9 Å². The van der Waals surface area contributed by atoms with E-state index in [4.69, 9.17) is 9.47 Å². The average Bonchev–Trinajstić information content (AvgIpc) is 2.99. The zero-order chi connectivity index (χ0) is 16.4. The summed E-state index contributed by atoms with van der Waals surface area (Å²) in [6.45, 7) is 0. The molecule has 0 amide bonds. The Morgan fingerprint density at radius 1 is 1.09 bits per heavy atom. The van der Waals surface area contributed by atoms with Crippen molar-refractivity contribution in [2.45, 2.75) is 10.9 Å². The van der Waals surface area contributed by atoms with Crippen molar-refractivity contribution in [1.82, 2.24) is 19.6 Å². The lowest BCUT2D eigenvalue weighted by Crippen LogP contribution is -2.07. The molecule has 8 nitrogen and oxygen atoms in total. The van der Waals surface area contributed by atoms with Crippen LogP contribution >= 0.6 is 0 Å². The molecule has 2 aromatic heterocycles. The molecule has 0 aliphatic carbocycles. The van der Waals surface area contributed by atoms with E-state index in [2.05, 4.69) is 15.1 Å². The SMILES string of the molecule is COc1cc(OC)n2nc(S(=O)(=O)Cc3ccccc3)nc2n1. The van der Waals surface area contributed by atoms with Gasteiger partial charge in [0.15, 0.2) is 0 Å². The lowest BCUT2D eigenvalue weighted by molar-refractivity contribution is 0.364. The third kappa shape index (κ3) is 2.95. The van der Waals surface area contributed by atoms with Crippen LogP contribution in [0.5, 0.6) is 11.8 Å². The molecule has 0 radical (unpaired) electrons. The summed E-state index contributed by atoms with van der Waals surface area (Å²) in [6, 6.07) is 10.3. The highest BCUT2D eigenvalue weighted by Crippen LogP contribution is 2.20. The number of methoxy groups -OCH3 is 2. The van der Waals surface area contributed by atoms with Gasteiger partial charge in [0.2, 0.25) is 21.6 Å². The molecule has 0 atom stereocenters. The maximum atomic E-state index is 12.5. The number of hydrogen-bond acceptors (Lipinski definition) is 7. The van der Waals surface area contributed by atoms with E-state index in [0.717, 1.165) is 0 Å². The zero-order valence-corrected chi connectivity index (χ0v) is 13.3. The minimum atomic E-state index is -3.70. The van der Waals surface area contributed by atoms with E-state index < -0.39 is 9.84 Å². The molecule has 23 heavy (non-hydrogen) atoms. The highest BCUT2D eigenvalue weighted by atomic mass is 32.2. The molecule has 3 rings (SSSR count). The third-order valence-corrected chi connectivity index (χ3v) is 4.58. The van der Waals surface area contributed by atoms with Crippen LogP contribution in [-0.2, 0) is 15.6 Å². The van der Waals surface area contributed by atoms with Gasteiger partial charge in [-0.1, -0.05) is 30.3 Å². The van der Waals surface area contributed by atoms with Gasteiger partial charge in [-0.2, -0.15) is 14.5 Å². The number of nitrogens with zero attached hydrogens (tertiary/aromatic N) is 4. The van der Waals surface area contributed by atoms with Gasteiger partial charge >= 0.3 is 0 Å². The number of sulfone groups is 1. The Hall–Kier alpha value is -2.68. The number of rotatable bonds is 5. The van der Waals surface area contributed by atoms with Gasteiger partial charge in [-0.25, -0.2) is 8.42 Å². The van der Waals surface area contributed by atoms with Crippen molar-refractivity contribution in [3.63, 3.8) is 0 Å². The summed E-state index contributed by atoms with van der Waals surface area (Å²) in [7, 11) is -0.815. The molecule has 0 spiro atoms. The summed E-state index contributed by atoms with van der Waals surface area (Å²) in [5.41, 5.74) is 0.656. The summed E-state index contributed by atoms with van der Waals surface area (Å²) < 4.78 is 36.4. The second-order valence-corrected chi connectivity index (χ2v) is 6.58. The molecule has 0 N–H and O–H groups in total. The first kappa shape index (κ1) is 15.2. The van der Waals surface area contributed by atoms with E-state index in [9.17, 15) is 8.42 Å². The van der Waals surface area contributed by atoms with E-state index in [1.807, 2.05) is 6.07 Å². The van der Waals surface area contributed by atoms with Crippen LogP contribution in [0.15, 0.2) is 41.6 Å². The number of benzene rings is 1. The van der Waals surface area contributed by atoms with Crippen molar-refractivity contribution < 1.29 is 17.9 Å². The van der Waals surface area contributed by atoms with Crippen molar-refractivity contribution in [3.8, 4) is 11.8 Å². The van der Waals surface area contributed by atoms with Crippen molar-refractivity contribution in [1.29, 1.82) is 0 Å². The van der Waals surface area contributed by atoms with Crippen LogP contribution in [0.3, 0.4) is 0 Å². The summed E-state index contributed by atoms with van der Waals surface area (Å²) in [5.74, 6) is 0.437. The Bertz CT molecular complexity index is 938. The topological polar surface area (TPSA) is 95.7 Å². The van der Waals surface area contributed by atoms with Crippen LogP contribution in [-0.4, -0.2) is 42.2 Å².